The molecule has 3 nitrogen and oxygen atoms in total. The summed E-state index contributed by atoms with van der Waals surface area (Å²) >= 11 is 0. The molecule has 0 radical (unpaired) electrons. The van der Waals surface area contributed by atoms with Crippen LogP contribution in [-0.2, 0) is 0 Å². The van der Waals surface area contributed by atoms with Crippen LogP contribution in [0.15, 0.2) is 24.3 Å². The van der Waals surface area contributed by atoms with Crippen molar-refractivity contribution in [1.82, 2.24) is 5.32 Å². The largest absolute Gasteiger partial charge is 0.494 e. The fourth-order valence-electron chi connectivity index (χ4n) is 2.34. The average molecular weight is 300 g/mol. The summed E-state index contributed by atoms with van der Waals surface area (Å²) in [5, 5.41) is 3.54. The number of benzene rings is 1. The highest BCUT2D eigenvalue weighted by Crippen LogP contribution is 2.18. The molecular formula is C16H26ClNO2. The maximum Gasteiger partial charge on any atom is 0.119 e. The van der Waals surface area contributed by atoms with E-state index in [1.54, 1.807) is 0 Å². The lowest BCUT2D eigenvalue weighted by Crippen LogP contribution is -2.35. The normalized spacial score (nSPS) is 18.1. The summed E-state index contributed by atoms with van der Waals surface area (Å²) in [6, 6.07) is 8.56. The third-order valence-electron chi connectivity index (χ3n) is 3.44. The van der Waals surface area contributed by atoms with E-state index in [1.165, 1.54) is 19.3 Å². The molecule has 1 unspecified atom stereocenters. The quantitative estimate of drug-likeness (QED) is 0.830. The Labute approximate surface area is 128 Å². The van der Waals surface area contributed by atoms with Gasteiger partial charge in [-0.05, 0) is 56.5 Å². The molecule has 1 fully saturated rings. The van der Waals surface area contributed by atoms with Crippen LogP contribution in [0.1, 0.15) is 39.0 Å². The second kappa shape index (κ2) is 9.89. The molecule has 4 heteroatoms. The highest BCUT2D eigenvalue weighted by atomic mass is 35.5. The lowest BCUT2D eigenvalue weighted by molar-refractivity contribution is 0.267. The fourth-order valence-corrected chi connectivity index (χ4v) is 2.34. The average Bonchev–Trinajstić information content (AvgIpc) is 2.47. The van der Waals surface area contributed by atoms with E-state index in [0.717, 1.165) is 44.1 Å². The van der Waals surface area contributed by atoms with Crippen molar-refractivity contribution in [2.45, 2.75) is 45.1 Å². The summed E-state index contributed by atoms with van der Waals surface area (Å²) in [5.41, 5.74) is 0. The summed E-state index contributed by atoms with van der Waals surface area (Å²) in [5.74, 6) is 1.85. The second-order valence-corrected chi connectivity index (χ2v) is 5.10. The van der Waals surface area contributed by atoms with Crippen molar-refractivity contribution in [3.05, 3.63) is 24.3 Å². The van der Waals surface area contributed by atoms with E-state index < -0.39 is 0 Å². The standard InChI is InChI=1S/C16H25NO2.ClH/c1-2-12-18-15-6-8-16(9-7-15)19-13-10-14-5-3-4-11-17-14;/h6-9,14,17H,2-5,10-13H2,1H3;1H. The molecule has 0 aliphatic carbocycles. The van der Waals surface area contributed by atoms with Crippen molar-refractivity contribution in [1.29, 1.82) is 0 Å². The van der Waals surface area contributed by atoms with E-state index in [0.29, 0.717) is 6.04 Å². The molecule has 1 aromatic rings. The van der Waals surface area contributed by atoms with Gasteiger partial charge in [0, 0.05) is 6.04 Å². The maximum atomic E-state index is 5.77. The SMILES string of the molecule is CCCOc1ccc(OCCC2CCCCN2)cc1.Cl. The summed E-state index contributed by atoms with van der Waals surface area (Å²) in [4.78, 5) is 0. The Morgan fingerprint density at radius 2 is 1.70 bits per heavy atom. The van der Waals surface area contributed by atoms with Crippen LogP contribution in [0.4, 0.5) is 0 Å². The van der Waals surface area contributed by atoms with E-state index in [1.807, 2.05) is 24.3 Å². The molecule has 114 valence electrons. The first-order chi connectivity index (χ1) is 9.38. The van der Waals surface area contributed by atoms with Crippen LogP contribution >= 0.6 is 12.4 Å². The molecule has 20 heavy (non-hydrogen) atoms. The van der Waals surface area contributed by atoms with Gasteiger partial charge in [-0.15, -0.1) is 12.4 Å². The predicted molar refractivity (Wildman–Crippen MR) is 85.2 cm³/mol. The molecule has 2 rings (SSSR count). The van der Waals surface area contributed by atoms with Crippen molar-refractivity contribution in [3.63, 3.8) is 0 Å². The molecule has 1 N–H and O–H groups in total. The molecule has 0 amide bonds. The molecule has 1 aliphatic heterocycles. The van der Waals surface area contributed by atoms with E-state index in [9.17, 15) is 0 Å². The first-order valence-corrected chi connectivity index (χ1v) is 7.47. The lowest BCUT2D eigenvalue weighted by Gasteiger charge is -2.23. The van der Waals surface area contributed by atoms with Gasteiger partial charge in [0.1, 0.15) is 11.5 Å². The number of hydrogen-bond acceptors (Lipinski definition) is 3. The Bertz CT molecular complexity index is 350. The predicted octanol–water partition coefficient (Wildman–Crippen LogP) is 3.81. The minimum Gasteiger partial charge on any atom is -0.494 e. The first-order valence-electron chi connectivity index (χ1n) is 7.47. The Morgan fingerprint density at radius 3 is 2.25 bits per heavy atom. The molecule has 1 atom stereocenters. The Hall–Kier alpha value is -0.930. The van der Waals surface area contributed by atoms with Crippen LogP contribution in [0.25, 0.3) is 0 Å². The lowest BCUT2D eigenvalue weighted by atomic mass is 10.0. The van der Waals surface area contributed by atoms with E-state index in [4.69, 9.17) is 9.47 Å². The van der Waals surface area contributed by atoms with Crippen molar-refractivity contribution in [2.24, 2.45) is 0 Å². The number of nitrogens with one attached hydrogen (secondary N) is 1. The summed E-state index contributed by atoms with van der Waals surface area (Å²) in [6.07, 6.45) is 6.07. The van der Waals surface area contributed by atoms with Crippen molar-refractivity contribution < 1.29 is 9.47 Å². The molecule has 0 saturated carbocycles. The third kappa shape index (κ3) is 6.02. The van der Waals surface area contributed by atoms with Gasteiger partial charge in [0.15, 0.2) is 0 Å². The van der Waals surface area contributed by atoms with Crippen LogP contribution in [0.2, 0.25) is 0 Å². The zero-order chi connectivity index (χ0) is 13.3. The molecule has 1 aliphatic rings. The van der Waals surface area contributed by atoms with E-state index in [2.05, 4.69) is 12.2 Å². The van der Waals surface area contributed by atoms with E-state index in [-0.39, 0.29) is 12.4 Å². The van der Waals surface area contributed by atoms with Crippen LogP contribution < -0.4 is 14.8 Å². The van der Waals surface area contributed by atoms with Gasteiger partial charge in [-0.3, -0.25) is 0 Å². The van der Waals surface area contributed by atoms with Crippen LogP contribution in [0.3, 0.4) is 0 Å². The number of halogens is 1. The monoisotopic (exact) mass is 299 g/mol. The number of ether oxygens (including phenoxy) is 2. The van der Waals surface area contributed by atoms with Gasteiger partial charge < -0.3 is 14.8 Å². The van der Waals surface area contributed by atoms with Gasteiger partial charge in [-0.2, -0.15) is 0 Å². The summed E-state index contributed by atoms with van der Waals surface area (Å²) in [7, 11) is 0. The number of piperidine rings is 1. The molecule has 1 saturated heterocycles. The van der Waals surface area contributed by atoms with Crippen LogP contribution in [-0.4, -0.2) is 25.8 Å². The van der Waals surface area contributed by atoms with Crippen molar-refractivity contribution in [3.8, 4) is 11.5 Å². The Balaban J connectivity index is 0.00000200. The Kier molecular flexibility index (Phi) is 8.47. The zero-order valence-corrected chi connectivity index (χ0v) is 13.1. The summed E-state index contributed by atoms with van der Waals surface area (Å²) in [6.45, 7) is 4.82. The van der Waals surface area contributed by atoms with Crippen LogP contribution in [0.5, 0.6) is 11.5 Å². The van der Waals surface area contributed by atoms with Crippen molar-refractivity contribution in [2.75, 3.05) is 19.8 Å². The summed E-state index contributed by atoms with van der Waals surface area (Å²) < 4.78 is 11.3. The van der Waals surface area contributed by atoms with Gasteiger partial charge in [0.2, 0.25) is 0 Å². The molecule has 1 aromatic carbocycles. The first kappa shape index (κ1) is 17.1. The second-order valence-electron chi connectivity index (χ2n) is 5.10. The van der Waals surface area contributed by atoms with Gasteiger partial charge in [-0.25, -0.2) is 0 Å². The molecule has 0 aromatic heterocycles. The molecular weight excluding hydrogens is 274 g/mol. The number of hydrogen-bond donors (Lipinski definition) is 1. The van der Waals surface area contributed by atoms with Gasteiger partial charge in [0.05, 0.1) is 13.2 Å². The topological polar surface area (TPSA) is 30.5 Å². The molecule has 0 bridgehead atoms. The van der Waals surface area contributed by atoms with Crippen molar-refractivity contribution >= 4 is 12.4 Å². The molecule has 1 heterocycles. The maximum absolute atomic E-state index is 5.77. The van der Waals surface area contributed by atoms with Crippen LogP contribution in [0, 0.1) is 0 Å². The van der Waals surface area contributed by atoms with Gasteiger partial charge in [-0.1, -0.05) is 13.3 Å². The highest BCUT2D eigenvalue weighted by Gasteiger charge is 2.11. The third-order valence-corrected chi connectivity index (χ3v) is 3.44. The smallest absolute Gasteiger partial charge is 0.119 e. The minimum atomic E-state index is 0. The molecule has 0 spiro atoms. The fraction of sp³-hybridized carbons (Fsp3) is 0.625. The van der Waals surface area contributed by atoms with Gasteiger partial charge in [0.25, 0.3) is 0 Å². The zero-order valence-electron chi connectivity index (χ0n) is 12.3. The number of rotatable bonds is 7. The van der Waals surface area contributed by atoms with Gasteiger partial charge >= 0.3 is 0 Å². The van der Waals surface area contributed by atoms with E-state index >= 15 is 0 Å². The highest BCUT2D eigenvalue weighted by molar-refractivity contribution is 5.85. The Morgan fingerprint density at radius 1 is 1.05 bits per heavy atom. The minimum absolute atomic E-state index is 0.